The van der Waals surface area contributed by atoms with E-state index in [-0.39, 0.29) is 5.78 Å². The first-order valence-electron chi connectivity index (χ1n) is 5.34. The zero-order valence-electron chi connectivity index (χ0n) is 8.81. The van der Waals surface area contributed by atoms with Gasteiger partial charge in [-0.2, -0.15) is 0 Å². The van der Waals surface area contributed by atoms with Gasteiger partial charge in [-0.3, -0.25) is 4.79 Å². The van der Waals surface area contributed by atoms with Gasteiger partial charge < -0.3 is 10.3 Å². The predicted molar refractivity (Wildman–Crippen MR) is 62.4 cm³/mol. The fourth-order valence-electron chi connectivity index (χ4n) is 2.22. The van der Waals surface area contributed by atoms with Crippen LogP contribution in [0.3, 0.4) is 0 Å². The average Bonchev–Trinajstić information content (AvgIpc) is 2.70. The number of nitrogens with zero attached hydrogens (tertiary/aromatic N) is 1. The van der Waals surface area contributed by atoms with Crippen LogP contribution in [0.5, 0.6) is 0 Å². The lowest BCUT2D eigenvalue weighted by atomic mass is 10.00. The summed E-state index contributed by atoms with van der Waals surface area (Å²) in [5.41, 5.74) is 8.96. The number of fused-ring (bicyclic) bond motifs is 2. The highest BCUT2D eigenvalue weighted by Gasteiger charge is 2.20. The van der Waals surface area contributed by atoms with E-state index in [1.165, 1.54) is 0 Å². The van der Waals surface area contributed by atoms with Crippen molar-refractivity contribution < 1.29 is 4.79 Å². The van der Waals surface area contributed by atoms with Gasteiger partial charge in [-0.25, -0.2) is 0 Å². The van der Waals surface area contributed by atoms with Gasteiger partial charge in [-0.05, 0) is 36.2 Å². The summed E-state index contributed by atoms with van der Waals surface area (Å²) >= 11 is 0. The number of ketones is 1. The molecular weight excluding hydrogens is 200 g/mol. The van der Waals surface area contributed by atoms with E-state index >= 15 is 0 Å². The summed E-state index contributed by atoms with van der Waals surface area (Å²) in [6, 6.07) is 9.35. The summed E-state index contributed by atoms with van der Waals surface area (Å²) in [6.45, 7) is 0.852. The quantitative estimate of drug-likeness (QED) is 0.677. The molecule has 0 spiro atoms. The first-order valence-corrected chi connectivity index (χ1v) is 5.34. The summed E-state index contributed by atoms with van der Waals surface area (Å²) in [4.78, 5) is 12.3. The summed E-state index contributed by atoms with van der Waals surface area (Å²) in [5, 5.41) is 0. The molecule has 0 atom stereocenters. The molecule has 2 aromatic rings. The Morgan fingerprint density at radius 3 is 3.00 bits per heavy atom. The number of anilines is 1. The van der Waals surface area contributed by atoms with Crippen LogP contribution >= 0.6 is 0 Å². The van der Waals surface area contributed by atoms with Crippen molar-refractivity contribution in [3.05, 3.63) is 53.3 Å². The van der Waals surface area contributed by atoms with Crippen molar-refractivity contribution in [3.8, 4) is 0 Å². The van der Waals surface area contributed by atoms with E-state index in [1.54, 1.807) is 6.07 Å². The predicted octanol–water partition coefficient (Wildman–Crippen LogP) is 1.86. The van der Waals surface area contributed by atoms with Crippen LogP contribution in [-0.4, -0.2) is 10.4 Å². The number of carbonyl (C=O) groups excluding carboxylic acids is 1. The molecule has 0 unspecified atom stereocenters. The Morgan fingerprint density at radius 2 is 2.12 bits per heavy atom. The monoisotopic (exact) mass is 212 g/mol. The molecule has 3 nitrogen and oxygen atoms in total. The number of hydrogen-bond donors (Lipinski definition) is 1. The standard InChI is InChI=1S/C13H12N2O/c14-10-4-3-9-5-7-15-6-1-2-12(15)13(16)11(9)8-10/h1-4,6,8H,5,7,14H2. The molecule has 2 N–H and O–H groups in total. The summed E-state index contributed by atoms with van der Waals surface area (Å²) in [6.07, 6.45) is 2.82. The van der Waals surface area contributed by atoms with E-state index in [4.69, 9.17) is 5.73 Å². The molecule has 1 aromatic carbocycles. The minimum Gasteiger partial charge on any atom is -0.399 e. The maximum Gasteiger partial charge on any atom is 0.209 e. The van der Waals surface area contributed by atoms with Crippen LogP contribution in [0.1, 0.15) is 21.6 Å². The Bertz CT molecular complexity index is 569. The van der Waals surface area contributed by atoms with E-state index < -0.39 is 0 Å². The van der Waals surface area contributed by atoms with Crippen molar-refractivity contribution in [2.75, 3.05) is 5.73 Å². The molecule has 0 saturated heterocycles. The number of hydrogen-bond acceptors (Lipinski definition) is 2. The zero-order chi connectivity index (χ0) is 11.1. The average molecular weight is 212 g/mol. The Kier molecular flexibility index (Phi) is 1.86. The van der Waals surface area contributed by atoms with E-state index in [1.807, 2.05) is 35.0 Å². The van der Waals surface area contributed by atoms with Crippen LogP contribution < -0.4 is 5.73 Å². The molecule has 0 radical (unpaired) electrons. The fraction of sp³-hybridized carbons (Fsp3) is 0.154. The fourth-order valence-corrected chi connectivity index (χ4v) is 2.22. The van der Waals surface area contributed by atoms with Gasteiger partial charge in [0.1, 0.15) is 0 Å². The second-order valence-corrected chi connectivity index (χ2v) is 4.08. The van der Waals surface area contributed by atoms with Crippen molar-refractivity contribution in [1.82, 2.24) is 4.57 Å². The number of aryl methyl sites for hydroxylation is 2. The maximum atomic E-state index is 12.3. The Labute approximate surface area is 93.5 Å². The molecule has 0 bridgehead atoms. The van der Waals surface area contributed by atoms with Crippen LogP contribution in [0, 0.1) is 0 Å². The molecule has 0 fully saturated rings. The topological polar surface area (TPSA) is 48.0 Å². The van der Waals surface area contributed by atoms with E-state index in [2.05, 4.69) is 0 Å². The van der Waals surface area contributed by atoms with Crippen molar-refractivity contribution in [2.24, 2.45) is 0 Å². The third-order valence-corrected chi connectivity index (χ3v) is 3.06. The number of nitrogens with two attached hydrogens (primary N) is 1. The summed E-state index contributed by atoms with van der Waals surface area (Å²) < 4.78 is 2.00. The molecule has 2 heterocycles. The van der Waals surface area contributed by atoms with Crippen molar-refractivity contribution in [1.29, 1.82) is 0 Å². The lowest BCUT2D eigenvalue weighted by Crippen LogP contribution is -2.06. The van der Waals surface area contributed by atoms with Gasteiger partial charge in [0, 0.05) is 24.0 Å². The smallest absolute Gasteiger partial charge is 0.209 e. The number of aromatic nitrogens is 1. The first kappa shape index (κ1) is 9.21. The lowest BCUT2D eigenvalue weighted by molar-refractivity contribution is 0.103. The normalized spacial score (nSPS) is 14.1. The van der Waals surface area contributed by atoms with Crippen molar-refractivity contribution in [3.63, 3.8) is 0 Å². The van der Waals surface area contributed by atoms with Crippen LogP contribution in [0.4, 0.5) is 5.69 Å². The number of carbonyl (C=O) groups is 1. The van der Waals surface area contributed by atoms with E-state index in [0.29, 0.717) is 5.69 Å². The Balaban J connectivity index is 2.22. The van der Waals surface area contributed by atoms with E-state index in [9.17, 15) is 4.79 Å². The highest BCUT2D eigenvalue weighted by Crippen LogP contribution is 2.22. The molecule has 0 aliphatic carbocycles. The molecule has 3 heteroatoms. The van der Waals surface area contributed by atoms with Crippen molar-refractivity contribution >= 4 is 11.5 Å². The van der Waals surface area contributed by atoms with Gasteiger partial charge in [0.15, 0.2) is 0 Å². The molecule has 1 aromatic heterocycles. The molecule has 1 aliphatic heterocycles. The number of rotatable bonds is 0. The summed E-state index contributed by atoms with van der Waals surface area (Å²) in [7, 11) is 0. The van der Waals surface area contributed by atoms with Gasteiger partial charge >= 0.3 is 0 Å². The van der Waals surface area contributed by atoms with Gasteiger partial charge in [0.2, 0.25) is 5.78 Å². The van der Waals surface area contributed by atoms with Gasteiger partial charge in [0.05, 0.1) is 5.69 Å². The SMILES string of the molecule is Nc1ccc2c(c1)C(=O)c1cccn1CC2. The molecule has 3 rings (SSSR count). The molecular formula is C13H12N2O. The highest BCUT2D eigenvalue weighted by atomic mass is 16.1. The van der Waals surface area contributed by atoms with Crippen LogP contribution in [0.15, 0.2) is 36.5 Å². The number of nitrogen functional groups attached to an aromatic ring is 1. The largest absolute Gasteiger partial charge is 0.399 e. The molecule has 16 heavy (non-hydrogen) atoms. The van der Waals surface area contributed by atoms with Crippen molar-refractivity contribution in [2.45, 2.75) is 13.0 Å². The molecule has 0 amide bonds. The van der Waals surface area contributed by atoms with Gasteiger partial charge in [0.25, 0.3) is 0 Å². The Hall–Kier alpha value is -2.03. The molecule has 0 saturated carbocycles. The third kappa shape index (κ3) is 1.25. The van der Waals surface area contributed by atoms with Gasteiger partial charge in [-0.1, -0.05) is 6.07 Å². The van der Waals surface area contributed by atoms with Crippen LogP contribution in [0.25, 0.3) is 0 Å². The van der Waals surface area contributed by atoms with E-state index in [0.717, 1.165) is 29.8 Å². The zero-order valence-corrected chi connectivity index (χ0v) is 8.81. The highest BCUT2D eigenvalue weighted by molar-refractivity contribution is 6.09. The first-order chi connectivity index (χ1) is 7.75. The maximum absolute atomic E-state index is 12.3. The third-order valence-electron chi connectivity index (χ3n) is 3.06. The summed E-state index contributed by atoms with van der Waals surface area (Å²) in [5.74, 6) is 0.0739. The lowest BCUT2D eigenvalue weighted by Gasteiger charge is -2.04. The molecule has 80 valence electrons. The second-order valence-electron chi connectivity index (χ2n) is 4.08. The Morgan fingerprint density at radius 1 is 1.25 bits per heavy atom. The molecule has 1 aliphatic rings. The minimum atomic E-state index is 0.0739. The second kappa shape index (κ2) is 3.23. The minimum absolute atomic E-state index is 0.0739. The van der Waals surface area contributed by atoms with Crippen LogP contribution in [-0.2, 0) is 13.0 Å². The van der Waals surface area contributed by atoms with Gasteiger partial charge in [-0.15, -0.1) is 0 Å². The van der Waals surface area contributed by atoms with Crippen LogP contribution in [0.2, 0.25) is 0 Å². The number of benzene rings is 1.